The van der Waals surface area contributed by atoms with Crippen LogP contribution in [0.4, 0.5) is 0 Å². The molecule has 2 aromatic rings. The van der Waals surface area contributed by atoms with Crippen LogP contribution >= 0.6 is 23.1 Å². The number of nitrogens with one attached hydrogen (secondary N) is 1. The lowest BCUT2D eigenvalue weighted by molar-refractivity contribution is 0.0942. The minimum atomic E-state index is -0.239. The standard InChI is InChI=1S/C9H10N4O2S2/c1-5-12-13-7(15-5)3-10-8(14)6-4-17-9(11-6)16-2/h4H,3H2,1-2H3,(H,10,14). The van der Waals surface area contributed by atoms with Crippen LogP contribution in [-0.2, 0) is 6.54 Å². The fraction of sp³-hybridized carbons (Fsp3) is 0.333. The van der Waals surface area contributed by atoms with Crippen molar-refractivity contribution in [2.24, 2.45) is 0 Å². The minimum absolute atomic E-state index is 0.214. The summed E-state index contributed by atoms with van der Waals surface area (Å²) in [6.45, 7) is 1.91. The van der Waals surface area contributed by atoms with Gasteiger partial charge < -0.3 is 9.73 Å². The number of carbonyl (C=O) groups excluding carboxylic acids is 1. The van der Waals surface area contributed by atoms with Gasteiger partial charge in [-0.25, -0.2) is 4.98 Å². The number of nitrogens with zero attached hydrogens (tertiary/aromatic N) is 3. The van der Waals surface area contributed by atoms with Crippen LogP contribution in [0.25, 0.3) is 0 Å². The molecule has 2 rings (SSSR count). The van der Waals surface area contributed by atoms with Crippen LogP contribution in [0.1, 0.15) is 22.3 Å². The Morgan fingerprint density at radius 3 is 3.00 bits per heavy atom. The Morgan fingerprint density at radius 2 is 2.41 bits per heavy atom. The molecule has 0 aromatic carbocycles. The van der Waals surface area contributed by atoms with E-state index < -0.39 is 0 Å². The van der Waals surface area contributed by atoms with E-state index in [1.807, 2.05) is 6.26 Å². The van der Waals surface area contributed by atoms with Crippen molar-refractivity contribution in [3.63, 3.8) is 0 Å². The first kappa shape index (κ1) is 12.1. The SMILES string of the molecule is CSc1nc(C(=O)NCc2nnc(C)o2)cs1. The van der Waals surface area contributed by atoms with Crippen molar-refractivity contribution in [1.82, 2.24) is 20.5 Å². The largest absolute Gasteiger partial charge is 0.424 e. The van der Waals surface area contributed by atoms with Crippen molar-refractivity contribution in [3.8, 4) is 0 Å². The molecule has 0 bridgehead atoms. The smallest absolute Gasteiger partial charge is 0.271 e. The molecule has 1 N–H and O–H groups in total. The summed E-state index contributed by atoms with van der Waals surface area (Å²) in [6.07, 6.45) is 1.92. The van der Waals surface area contributed by atoms with E-state index in [4.69, 9.17) is 4.42 Å². The molecule has 0 unspecified atom stereocenters. The minimum Gasteiger partial charge on any atom is -0.424 e. The Hall–Kier alpha value is -1.41. The molecular formula is C9H10N4O2S2. The molecule has 0 aliphatic heterocycles. The number of aryl methyl sites for hydroxylation is 1. The van der Waals surface area contributed by atoms with Crippen LogP contribution in [0.5, 0.6) is 0 Å². The van der Waals surface area contributed by atoms with Gasteiger partial charge in [-0.3, -0.25) is 4.79 Å². The molecule has 8 heteroatoms. The zero-order valence-corrected chi connectivity index (χ0v) is 10.9. The van der Waals surface area contributed by atoms with Gasteiger partial charge in [0.2, 0.25) is 11.8 Å². The maximum atomic E-state index is 11.7. The molecule has 1 amide bonds. The second-order valence-electron chi connectivity index (χ2n) is 3.10. The third-order valence-electron chi connectivity index (χ3n) is 1.86. The van der Waals surface area contributed by atoms with Crippen molar-refractivity contribution in [2.75, 3.05) is 6.26 Å². The average Bonchev–Trinajstić information content (AvgIpc) is 2.94. The van der Waals surface area contributed by atoms with Crippen molar-refractivity contribution >= 4 is 29.0 Å². The van der Waals surface area contributed by atoms with Crippen LogP contribution < -0.4 is 5.32 Å². The third-order valence-corrected chi connectivity index (χ3v) is 3.72. The van der Waals surface area contributed by atoms with E-state index in [9.17, 15) is 4.79 Å². The van der Waals surface area contributed by atoms with Gasteiger partial charge in [-0.1, -0.05) is 11.8 Å². The van der Waals surface area contributed by atoms with Gasteiger partial charge in [0, 0.05) is 12.3 Å². The van der Waals surface area contributed by atoms with Gasteiger partial charge >= 0.3 is 0 Å². The molecule has 0 fully saturated rings. The Balaban J connectivity index is 1.93. The van der Waals surface area contributed by atoms with Crippen molar-refractivity contribution in [2.45, 2.75) is 17.8 Å². The quantitative estimate of drug-likeness (QED) is 0.848. The fourth-order valence-electron chi connectivity index (χ4n) is 1.11. The number of carbonyl (C=O) groups is 1. The molecule has 0 saturated carbocycles. The fourth-order valence-corrected chi connectivity index (χ4v) is 2.35. The highest BCUT2D eigenvalue weighted by atomic mass is 32.2. The lowest BCUT2D eigenvalue weighted by Crippen LogP contribution is -2.23. The second kappa shape index (κ2) is 5.28. The highest BCUT2D eigenvalue weighted by Crippen LogP contribution is 2.19. The maximum Gasteiger partial charge on any atom is 0.271 e. The number of rotatable bonds is 4. The Morgan fingerprint density at radius 1 is 1.59 bits per heavy atom. The molecule has 90 valence electrons. The average molecular weight is 270 g/mol. The molecular weight excluding hydrogens is 260 g/mol. The second-order valence-corrected chi connectivity index (χ2v) is 5.01. The molecule has 17 heavy (non-hydrogen) atoms. The van der Waals surface area contributed by atoms with E-state index in [1.54, 1.807) is 12.3 Å². The number of hydrogen-bond donors (Lipinski definition) is 1. The molecule has 0 aliphatic rings. The van der Waals surface area contributed by atoms with Crippen molar-refractivity contribution < 1.29 is 9.21 Å². The van der Waals surface area contributed by atoms with Gasteiger partial charge in [0.25, 0.3) is 5.91 Å². The summed E-state index contributed by atoms with van der Waals surface area (Å²) in [5.41, 5.74) is 0.413. The number of aromatic nitrogens is 3. The van der Waals surface area contributed by atoms with Gasteiger partial charge in [-0.2, -0.15) is 0 Å². The molecule has 0 atom stereocenters. The first-order chi connectivity index (χ1) is 8.19. The highest BCUT2D eigenvalue weighted by molar-refractivity contribution is 8.00. The first-order valence-corrected chi connectivity index (χ1v) is 6.86. The molecule has 2 heterocycles. The zero-order chi connectivity index (χ0) is 12.3. The topological polar surface area (TPSA) is 80.9 Å². The van der Waals surface area contributed by atoms with Gasteiger partial charge in [0.05, 0.1) is 6.54 Å². The van der Waals surface area contributed by atoms with E-state index in [1.165, 1.54) is 23.1 Å². The highest BCUT2D eigenvalue weighted by Gasteiger charge is 2.11. The number of hydrogen-bond acceptors (Lipinski definition) is 7. The maximum absolute atomic E-state index is 11.7. The summed E-state index contributed by atoms with van der Waals surface area (Å²) in [4.78, 5) is 15.8. The predicted octanol–water partition coefficient (Wildman–Crippen LogP) is 1.49. The Kier molecular flexibility index (Phi) is 3.75. The summed E-state index contributed by atoms with van der Waals surface area (Å²) >= 11 is 2.95. The van der Waals surface area contributed by atoms with Gasteiger partial charge in [-0.15, -0.1) is 21.5 Å². The Labute approximate surface area is 106 Å². The predicted molar refractivity (Wildman–Crippen MR) is 64.1 cm³/mol. The Bertz CT molecular complexity index is 523. The van der Waals surface area contributed by atoms with Crippen molar-refractivity contribution in [3.05, 3.63) is 22.9 Å². The van der Waals surface area contributed by atoms with Crippen LogP contribution in [0.2, 0.25) is 0 Å². The zero-order valence-electron chi connectivity index (χ0n) is 9.26. The summed E-state index contributed by atoms with van der Waals surface area (Å²) < 4.78 is 6.00. The van der Waals surface area contributed by atoms with E-state index in [-0.39, 0.29) is 12.5 Å². The molecule has 2 aromatic heterocycles. The molecule has 0 aliphatic carbocycles. The van der Waals surface area contributed by atoms with Gasteiger partial charge in [0.15, 0.2) is 0 Å². The summed E-state index contributed by atoms with van der Waals surface area (Å²) in [5.74, 6) is 0.626. The van der Waals surface area contributed by atoms with Crippen LogP contribution in [0.3, 0.4) is 0 Å². The number of amides is 1. The van der Waals surface area contributed by atoms with E-state index >= 15 is 0 Å². The summed E-state index contributed by atoms with van der Waals surface area (Å²) in [7, 11) is 0. The van der Waals surface area contributed by atoms with Crippen LogP contribution in [-0.4, -0.2) is 27.3 Å². The van der Waals surface area contributed by atoms with Crippen molar-refractivity contribution in [1.29, 1.82) is 0 Å². The van der Waals surface area contributed by atoms with E-state index in [0.29, 0.717) is 17.5 Å². The van der Waals surface area contributed by atoms with Crippen LogP contribution in [0.15, 0.2) is 14.1 Å². The van der Waals surface area contributed by atoms with Crippen LogP contribution in [0, 0.1) is 6.92 Å². The van der Waals surface area contributed by atoms with Gasteiger partial charge in [0.1, 0.15) is 10.0 Å². The normalized spacial score (nSPS) is 10.5. The molecule has 6 nitrogen and oxygen atoms in total. The summed E-state index contributed by atoms with van der Waals surface area (Å²) in [5, 5.41) is 11.8. The lowest BCUT2D eigenvalue weighted by Gasteiger charge is -1.98. The third kappa shape index (κ3) is 3.04. The number of thioether (sulfide) groups is 1. The first-order valence-electron chi connectivity index (χ1n) is 4.75. The molecule has 0 saturated heterocycles. The van der Waals surface area contributed by atoms with E-state index in [0.717, 1.165) is 4.34 Å². The summed E-state index contributed by atoms with van der Waals surface area (Å²) in [6, 6.07) is 0. The molecule has 0 spiro atoms. The molecule has 0 radical (unpaired) electrons. The lowest BCUT2D eigenvalue weighted by atomic mass is 10.4. The van der Waals surface area contributed by atoms with E-state index in [2.05, 4.69) is 20.5 Å². The monoisotopic (exact) mass is 270 g/mol. The number of thiazole rings is 1. The van der Waals surface area contributed by atoms with Gasteiger partial charge in [-0.05, 0) is 6.26 Å².